The van der Waals surface area contributed by atoms with Crippen LogP contribution >= 0.6 is 11.8 Å². The molecule has 2 fully saturated rings. The van der Waals surface area contributed by atoms with Crippen LogP contribution in [0, 0.1) is 30.5 Å². The lowest BCUT2D eigenvalue weighted by atomic mass is 9.84. The van der Waals surface area contributed by atoms with Crippen LogP contribution in [0.5, 0.6) is 5.75 Å². The number of hydrogen-bond donors (Lipinski definition) is 1. The van der Waals surface area contributed by atoms with E-state index in [0.29, 0.717) is 16.9 Å². The van der Waals surface area contributed by atoms with Gasteiger partial charge in [-0.3, -0.25) is 9.36 Å². The van der Waals surface area contributed by atoms with Gasteiger partial charge in [-0.05, 0) is 74.6 Å². The van der Waals surface area contributed by atoms with Crippen molar-refractivity contribution in [3.8, 4) is 5.75 Å². The molecule has 4 atom stereocenters. The van der Waals surface area contributed by atoms with Gasteiger partial charge in [-0.2, -0.15) is 0 Å². The van der Waals surface area contributed by atoms with Crippen molar-refractivity contribution in [2.24, 2.45) is 17.8 Å². The lowest BCUT2D eigenvalue weighted by Gasteiger charge is -2.30. The quantitative estimate of drug-likeness (QED) is 0.368. The Morgan fingerprint density at radius 2 is 1.97 bits per heavy atom. The summed E-state index contributed by atoms with van der Waals surface area (Å²) >= 11 is 1.38. The van der Waals surface area contributed by atoms with Crippen LogP contribution in [-0.4, -0.2) is 26.4 Å². The molecule has 35 heavy (non-hydrogen) atoms. The van der Waals surface area contributed by atoms with Crippen LogP contribution in [0.4, 0.5) is 10.1 Å². The van der Waals surface area contributed by atoms with Gasteiger partial charge in [0.25, 0.3) is 0 Å². The average molecular weight is 495 g/mol. The fourth-order valence-electron chi connectivity index (χ4n) is 5.72. The van der Waals surface area contributed by atoms with E-state index in [1.807, 2.05) is 31.2 Å². The van der Waals surface area contributed by atoms with Gasteiger partial charge in [-0.15, -0.1) is 10.2 Å². The minimum absolute atomic E-state index is 0.0874. The Bertz CT molecular complexity index is 1200. The molecule has 8 heteroatoms. The van der Waals surface area contributed by atoms with Crippen LogP contribution in [0.3, 0.4) is 0 Å². The Balaban J connectivity index is 1.33. The molecule has 1 heterocycles. The number of amides is 1. The number of hydrogen-bond acceptors (Lipinski definition) is 5. The van der Waals surface area contributed by atoms with Gasteiger partial charge in [0.15, 0.2) is 22.5 Å². The Kier molecular flexibility index (Phi) is 7.09. The molecule has 3 aromatic rings. The summed E-state index contributed by atoms with van der Waals surface area (Å²) in [6.45, 7) is 4.31. The normalized spacial score (nSPS) is 21.7. The maximum atomic E-state index is 14.1. The number of fused-ring (bicyclic) bond motifs is 2. The highest BCUT2D eigenvalue weighted by Crippen LogP contribution is 2.52. The van der Waals surface area contributed by atoms with E-state index in [9.17, 15) is 9.18 Å². The van der Waals surface area contributed by atoms with E-state index in [-0.39, 0.29) is 30.1 Å². The Hall–Kier alpha value is -2.87. The third kappa shape index (κ3) is 5.22. The first-order chi connectivity index (χ1) is 17.0. The van der Waals surface area contributed by atoms with Gasteiger partial charge in [0.2, 0.25) is 5.91 Å². The topological polar surface area (TPSA) is 69.0 Å². The van der Waals surface area contributed by atoms with Crippen LogP contribution in [0.2, 0.25) is 0 Å². The summed E-state index contributed by atoms with van der Waals surface area (Å²) in [6, 6.07) is 14.3. The van der Waals surface area contributed by atoms with Gasteiger partial charge in [0, 0.05) is 11.7 Å². The molecule has 2 aliphatic rings. The fourth-order valence-corrected chi connectivity index (χ4v) is 6.56. The summed E-state index contributed by atoms with van der Waals surface area (Å²) in [5.41, 5.74) is 1.83. The highest BCUT2D eigenvalue weighted by atomic mass is 32.2. The standard InChI is InChI=1S/C27H31FN4O2S/c1-17-7-3-5-9-23(17)29-26(33)16-35-27-31-30-25(15-34-24-10-6-4-8-22(24)28)32(27)18(2)21-14-19-11-12-20(21)13-19/h3-10,18-21H,11-16H2,1-2H3,(H,29,33). The van der Waals surface area contributed by atoms with Gasteiger partial charge in [-0.25, -0.2) is 4.39 Å². The van der Waals surface area contributed by atoms with Crippen molar-refractivity contribution >= 4 is 23.4 Å². The minimum Gasteiger partial charge on any atom is -0.483 e. The largest absolute Gasteiger partial charge is 0.483 e. The highest BCUT2D eigenvalue weighted by Gasteiger charge is 2.43. The van der Waals surface area contributed by atoms with E-state index in [1.165, 1.54) is 43.5 Å². The number of halogens is 1. The smallest absolute Gasteiger partial charge is 0.234 e. The SMILES string of the molecule is Cc1ccccc1NC(=O)CSc1nnc(COc2ccccc2F)n1C(C)C1CC2CCC1C2. The number of ether oxygens (including phenoxy) is 1. The molecule has 2 bridgehead atoms. The molecule has 6 nitrogen and oxygen atoms in total. The van der Waals surface area contributed by atoms with E-state index in [0.717, 1.165) is 23.1 Å². The molecule has 0 radical (unpaired) electrons. The Morgan fingerprint density at radius 1 is 1.17 bits per heavy atom. The number of aromatic nitrogens is 3. The van der Waals surface area contributed by atoms with Crippen molar-refractivity contribution in [1.82, 2.24) is 14.8 Å². The lowest BCUT2D eigenvalue weighted by molar-refractivity contribution is -0.113. The second-order valence-electron chi connectivity index (χ2n) is 9.72. The van der Waals surface area contributed by atoms with E-state index >= 15 is 0 Å². The number of carbonyl (C=O) groups is 1. The molecule has 0 aliphatic heterocycles. The van der Waals surface area contributed by atoms with E-state index in [1.54, 1.807) is 18.2 Å². The molecule has 1 amide bonds. The molecule has 0 saturated heterocycles. The first kappa shape index (κ1) is 23.9. The van der Waals surface area contributed by atoms with Crippen molar-refractivity contribution in [2.75, 3.05) is 11.1 Å². The van der Waals surface area contributed by atoms with Crippen molar-refractivity contribution in [1.29, 1.82) is 0 Å². The molecule has 2 aromatic carbocycles. The molecule has 0 spiro atoms. The summed E-state index contributed by atoms with van der Waals surface area (Å²) in [4.78, 5) is 12.7. The van der Waals surface area contributed by atoms with Gasteiger partial charge >= 0.3 is 0 Å². The molecule has 1 aromatic heterocycles. The summed E-state index contributed by atoms with van der Waals surface area (Å²) < 4.78 is 22.0. The van der Waals surface area contributed by atoms with E-state index < -0.39 is 5.82 Å². The number of carbonyl (C=O) groups excluding carboxylic acids is 1. The van der Waals surface area contributed by atoms with Crippen LogP contribution in [0.15, 0.2) is 53.7 Å². The Labute approximate surface area is 209 Å². The molecule has 1 N–H and O–H groups in total. The third-order valence-electron chi connectivity index (χ3n) is 7.50. The summed E-state index contributed by atoms with van der Waals surface area (Å²) in [5, 5.41) is 12.5. The summed E-state index contributed by atoms with van der Waals surface area (Å²) in [7, 11) is 0. The van der Waals surface area contributed by atoms with Gasteiger partial charge in [-0.1, -0.05) is 48.5 Å². The van der Waals surface area contributed by atoms with Crippen LogP contribution in [-0.2, 0) is 11.4 Å². The van der Waals surface area contributed by atoms with Crippen LogP contribution in [0.25, 0.3) is 0 Å². The number of rotatable bonds is 9. The Morgan fingerprint density at radius 3 is 2.71 bits per heavy atom. The first-order valence-corrected chi connectivity index (χ1v) is 13.3. The van der Waals surface area contributed by atoms with Crippen LogP contribution in [0.1, 0.15) is 50.0 Å². The van der Waals surface area contributed by atoms with Crippen molar-refractivity contribution in [3.05, 3.63) is 65.7 Å². The van der Waals surface area contributed by atoms with Gasteiger partial charge < -0.3 is 10.1 Å². The molecular formula is C27H31FN4O2S. The molecule has 2 aliphatic carbocycles. The number of benzene rings is 2. The second-order valence-corrected chi connectivity index (χ2v) is 10.7. The van der Waals surface area contributed by atoms with E-state index in [4.69, 9.17) is 4.74 Å². The molecule has 184 valence electrons. The summed E-state index contributed by atoms with van der Waals surface area (Å²) in [5.74, 6) is 2.68. The van der Waals surface area contributed by atoms with Gasteiger partial charge in [0.1, 0.15) is 6.61 Å². The van der Waals surface area contributed by atoms with E-state index in [2.05, 4.69) is 27.0 Å². The number of nitrogens with one attached hydrogen (secondary N) is 1. The zero-order valence-corrected chi connectivity index (χ0v) is 20.9. The zero-order chi connectivity index (χ0) is 24.4. The number of aryl methyl sites for hydroxylation is 1. The van der Waals surface area contributed by atoms with Crippen molar-refractivity contribution < 1.29 is 13.9 Å². The monoisotopic (exact) mass is 494 g/mol. The average Bonchev–Trinajstić information content (AvgIpc) is 3.59. The highest BCUT2D eigenvalue weighted by molar-refractivity contribution is 7.99. The van der Waals surface area contributed by atoms with Crippen molar-refractivity contribution in [3.63, 3.8) is 0 Å². The van der Waals surface area contributed by atoms with Crippen molar-refractivity contribution in [2.45, 2.75) is 57.3 Å². The third-order valence-corrected chi connectivity index (χ3v) is 8.44. The molecule has 2 saturated carbocycles. The summed E-state index contributed by atoms with van der Waals surface area (Å²) in [6.07, 6.45) is 5.14. The maximum Gasteiger partial charge on any atom is 0.234 e. The minimum atomic E-state index is -0.401. The lowest BCUT2D eigenvalue weighted by Crippen LogP contribution is -2.25. The number of thioether (sulfide) groups is 1. The van der Waals surface area contributed by atoms with Crippen LogP contribution < -0.4 is 10.1 Å². The first-order valence-electron chi connectivity index (χ1n) is 12.3. The van der Waals surface area contributed by atoms with Gasteiger partial charge in [0.05, 0.1) is 5.75 Å². The molecule has 4 unspecified atom stereocenters. The maximum absolute atomic E-state index is 14.1. The predicted molar refractivity (Wildman–Crippen MR) is 135 cm³/mol. The zero-order valence-electron chi connectivity index (χ0n) is 20.1. The second kappa shape index (κ2) is 10.4. The number of para-hydroxylation sites is 2. The fraction of sp³-hybridized carbons (Fsp3) is 0.444. The molecular weight excluding hydrogens is 463 g/mol. The number of anilines is 1. The molecule has 5 rings (SSSR count). The number of nitrogens with zero attached hydrogens (tertiary/aromatic N) is 3. The predicted octanol–water partition coefficient (Wildman–Crippen LogP) is 6.03.